The van der Waals surface area contributed by atoms with Crippen molar-refractivity contribution in [3.05, 3.63) is 48.2 Å². The van der Waals surface area contributed by atoms with E-state index in [1.807, 2.05) is 0 Å². The fraction of sp³-hybridized carbons (Fsp3) is 0.735. The van der Waals surface area contributed by atoms with E-state index in [2.05, 4.69) is 96.0 Å². The predicted octanol–water partition coefficient (Wildman–Crippen LogP) is 7.67. The summed E-state index contributed by atoms with van der Waals surface area (Å²) >= 11 is 0. The summed E-state index contributed by atoms with van der Waals surface area (Å²) in [6.07, 6.45) is 17.3. The first kappa shape index (κ1) is 26.6. The van der Waals surface area contributed by atoms with Crippen LogP contribution in [0.4, 0.5) is 5.82 Å². The molecular formula is C34H50N2O2. The standard InChI is InChI=1S/C34H50N2O2/c1-22(2)23(3)11-12-24(4)27-13-14-28-31(27,6)17-16-29-32(7)18-15-26(37)21-33(32)19-20-34(28,29)38-36(33)30-10-8-9-25(5)35-30/h8-12,19-20,22-24,26-29,37H,13-18,21H2,1-7H3/b12-11+/t23-,24+,26-,27+,28+,29+,31+,32+,33+,34-/m0/s1. The number of hydrogen-bond acceptors (Lipinski definition) is 4. The third kappa shape index (κ3) is 3.51. The second-order valence-electron chi connectivity index (χ2n) is 14.6. The molecule has 3 saturated carbocycles. The van der Waals surface area contributed by atoms with Gasteiger partial charge in [0.15, 0.2) is 5.82 Å². The first-order valence-electron chi connectivity index (χ1n) is 15.5. The van der Waals surface area contributed by atoms with Gasteiger partial charge in [0.05, 0.1) is 11.6 Å². The number of allylic oxidation sites excluding steroid dienone is 2. The number of aromatic nitrogens is 1. The van der Waals surface area contributed by atoms with Crippen LogP contribution in [-0.2, 0) is 4.84 Å². The Balaban J connectivity index is 1.41. The van der Waals surface area contributed by atoms with Gasteiger partial charge in [-0.25, -0.2) is 10.0 Å². The number of nitrogens with zero attached hydrogens (tertiary/aromatic N) is 2. The molecule has 0 unspecified atom stereocenters. The highest BCUT2D eigenvalue weighted by molar-refractivity contribution is 5.51. The van der Waals surface area contributed by atoms with E-state index in [-0.39, 0.29) is 28.1 Å². The fourth-order valence-electron chi connectivity index (χ4n) is 9.96. The second kappa shape index (κ2) is 8.93. The summed E-state index contributed by atoms with van der Waals surface area (Å²) in [5, 5.41) is 13.1. The van der Waals surface area contributed by atoms with Gasteiger partial charge in [0.25, 0.3) is 0 Å². The van der Waals surface area contributed by atoms with Crippen molar-refractivity contribution in [2.75, 3.05) is 5.06 Å². The van der Waals surface area contributed by atoms with Crippen LogP contribution in [0, 0.1) is 53.3 Å². The molecule has 4 heteroatoms. The Kier molecular flexibility index (Phi) is 6.24. The van der Waals surface area contributed by atoms with E-state index in [1.54, 1.807) is 0 Å². The van der Waals surface area contributed by atoms with Crippen LogP contribution >= 0.6 is 0 Å². The molecule has 0 amide bonds. The molecule has 2 spiro atoms. The molecule has 38 heavy (non-hydrogen) atoms. The summed E-state index contributed by atoms with van der Waals surface area (Å²) in [6.45, 7) is 16.6. The van der Waals surface area contributed by atoms with Gasteiger partial charge in [0.1, 0.15) is 5.60 Å². The number of hydrogen-bond donors (Lipinski definition) is 1. The minimum Gasteiger partial charge on any atom is -0.393 e. The lowest BCUT2D eigenvalue weighted by Crippen LogP contribution is -2.79. The van der Waals surface area contributed by atoms with E-state index < -0.39 is 0 Å². The lowest BCUT2D eigenvalue weighted by atomic mass is 9.41. The van der Waals surface area contributed by atoms with Crippen molar-refractivity contribution < 1.29 is 9.94 Å². The Morgan fingerprint density at radius 1 is 1.00 bits per heavy atom. The Bertz CT molecular complexity index is 1130. The summed E-state index contributed by atoms with van der Waals surface area (Å²) in [7, 11) is 0. The first-order chi connectivity index (χ1) is 18.0. The van der Waals surface area contributed by atoms with Crippen LogP contribution in [0.1, 0.15) is 92.2 Å². The molecule has 2 aliphatic heterocycles. The third-order valence-electron chi connectivity index (χ3n) is 12.5. The van der Waals surface area contributed by atoms with E-state index in [0.29, 0.717) is 41.9 Å². The van der Waals surface area contributed by atoms with Crippen molar-refractivity contribution in [1.82, 2.24) is 4.98 Å². The highest BCUT2D eigenvalue weighted by Crippen LogP contribution is 2.73. The SMILES string of the molecule is Cc1cccc(N2O[C@]34C=C[C@]25C[C@@H](O)CC[C@]5(C)[C@H]3CC[C@]2(C)[C@@H]([C@H](C)/C=C/[C@H](C)C(C)C)CC[C@H]24)n1. The number of anilines is 1. The van der Waals surface area contributed by atoms with Crippen LogP contribution in [-0.4, -0.2) is 27.3 Å². The minimum absolute atomic E-state index is 0.0439. The van der Waals surface area contributed by atoms with Gasteiger partial charge in [-0.15, -0.1) is 0 Å². The van der Waals surface area contributed by atoms with Crippen LogP contribution in [0.3, 0.4) is 0 Å². The third-order valence-corrected chi connectivity index (χ3v) is 12.5. The van der Waals surface area contributed by atoms with E-state index in [4.69, 9.17) is 9.82 Å². The Labute approximate surface area is 230 Å². The van der Waals surface area contributed by atoms with E-state index in [1.165, 1.54) is 25.7 Å². The van der Waals surface area contributed by atoms with E-state index >= 15 is 0 Å². The summed E-state index contributed by atoms with van der Waals surface area (Å²) in [5.74, 6) is 4.40. The van der Waals surface area contributed by atoms with Crippen molar-refractivity contribution in [3.63, 3.8) is 0 Å². The zero-order valence-corrected chi connectivity index (χ0v) is 24.8. The summed E-state index contributed by atoms with van der Waals surface area (Å²) in [4.78, 5) is 12.4. The van der Waals surface area contributed by atoms with Gasteiger partial charge in [0.2, 0.25) is 0 Å². The number of aryl methyl sites for hydroxylation is 1. The molecule has 1 saturated heterocycles. The lowest BCUT2D eigenvalue weighted by Gasteiger charge is -2.73. The second-order valence-corrected chi connectivity index (χ2v) is 14.6. The summed E-state index contributed by atoms with van der Waals surface area (Å²) in [5.41, 5.74) is 0.639. The largest absolute Gasteiger partial charge is 0.393 e. The molecule has 0 radical (unpaired) electrons. The molecule has 1 aromatic heterocycles. The highest BCUT2D eigenvalue weighted by atomic mass is 16.7. The average molecular weight is 519 g/mol. The molecule has 0 aromatic carbocycles. The number of hydroxylamine groups is 1. The molecule has 10 atom stereocenters. The van der Waals surface area contributed by atoms with Gasteiger partial charge in [-0.1, -0.05) is 71.9 Å². The molecule has 2 bridgehead atoms. The topological polar surface area (TPSA) is 45.6 Å². The van der Waals surface area contributed by atoms with E-state index in [0.717, 1.165) is 24.4 Å². The van der Waals surface area contributed by atoms with Gasteiger partial charge in [-0.2, -0.15) is 0 Å². The summed E-state index contributed by atoms with van der Waals surface area (Å²) in [6, 6.07) is 6.26. The number of aliphatic hydroxyl groups is 1. The molecule has 6 aliphatic rings. The molecule has 208 valence electrons. The van der Waals surface area contributed by atoms with Crippen molar-refractivity contribution in [3.8, 4) is 0 Å². The Morgan fingerprint density at radius 3 is 2.53 bits per heavy atom. The normalized spacial score (nSPS) is 45.2. The molecular weight excluding hydrogens is 468 g/mol. The highest BCUT2D eigenvalue weighted by Gasteiger charge is 2.75. The van der Waals surface area contributed by atoms with Crippen molar-refractivity contribution in [2.45, 2.75) is 111 Å². The molecule has 4 nitrogen and oxygen atoms in total. The number of fused-ring (bicyclic) bond motifs is 2. The number of aliphatic hydroxyl groups excluding tert-OH is 1. The van der Waals surface area contributed by atoms with Gasteiger partial charge in [-0.3, -0.25) is 4.84 Å². The van der Waals surface area contributed by atoms with Crippen molar-refractivity contribution >= 4 is 5.82 Å². The Morgan fingerprint density at radius 2 is 1.79 bits per heavy atom. The first-order valence-corrected chi connectivity index (χ1v) is 15.5. The smallest absolute Gasteiger partial charge is 0.153 e. The number of pyridine rings is 1. The average Bonchev–Trinajstić information content (AvgIpc) is 3.24. The van der Waals surface area contributed by atoms with Crippen molar-refractivity contribution in [2.24, 2.45) is 46.3 Å². The number of rotatable bonds is 5. The lowest BCUT2D eigenvalue weighted by molar-refractivity contribution is -0.273. The maximum absolute atomic E-state index is 11.0. The Hall–Kier alpha value is -1.65. The molecule has 1 N–H and O–H groups in total. The van der Waals surface area contributed by atoms with Gasteiger partial charge >= 0.3 is 0 Å². The molecule has 4 fully saturated rings. The zero-order chi connectivity index (χ0) is 27.1. The van der Waals surface area contributed by atoms with Gasteiger partial charge in [0, 0.05) is 29.4 Å². The summed E-state index contributed by atoms with van der Waals surface area (Å²) < 4.78 is 0. The van der Waals surface area contributed by atoms with Gasteiger partial charge < -0.3 is 5.11 Å². The van der Waals surface area contributed by atoms with Crippen LogP contribution in [0.2, 0.25) is 0 Å². The van der Waals surface area contributed by atoms with Crippen molar-refractivity contribution in [1.29, 1.82) is 0 Å². The predicted molar refractivity (Wildman–Crippen MR) is 154 cm³/mol. The monoisotopic (exact) mass is 518 g/mol. The maximum Gasteiger partial charge on any atom is 0.153 e. The minimum atomic E-state index is -0.355. The van der Waals surface area contributed by atoms with Crippen LogP contribution in [0.25, 0.3) is 0 Å². The fourth-order valence-corrected chi connectivity index (χ4v) is 9.96. The molecule has 7 rings (SSSR count). The maximum atomic E-state index is 11.0. The molecule has 1 aromatic rings. The molecule has 4 aliphatic carbocycles. The van der Waals surface area contributed by atoms with Crippen LogP contribution in [0.15, 0.2) is 42.5 Å². The zero-order valence-electron chi connectivity index (χ0n) is 24.8. The van der Waals surface area contributed by atoms with Crippen LogP contribution < -0.4 is 5.06 Å². The molecule has 3 heterocycles. The van der Waals surface area contributed by atoms with Crippen LogP contribution in [0.5, 0.6) is 0 Å². The van der Waals surface area contributed by atoms with E-state index in [9.17, 15) is 5.11 Å². The quantitative estimate of drug-likeness (QED) is 0.406. The van der Waals surface area contributed by atoms with Gasteiger partial charge in [-0.05, 0) is 86.7 Å².